The zero-order chi connectivity index (χ0) is 24.7. The Labute approximate surface area is 203 Å². The number of thioether (sulfide) groups is 1. The third-order valence-electron chi connectivity index (χ3n) is 5.45. The minimum absolute atomic E-state index is 0.122. The van der Waals surface area contributed by atoms with Crippen molar-refractivity contribution in [3.8, 4) is 11.5 Å². The molecular weight excluding hydrogens is 454 g/mol. The smallest absolute Gasteiger partial charge is 0.293 e. The minimum atomic E-state index is -0.374. The first kappa shape index (κ1) is 25.3. The number of amides is 3. The summed E-state index contributed by atoms with van der Waals surface area (Å²) in [5.41, 5.74) is 3.12. The fourth-order valence-electron chi connectivity index (χ4n) is 3.63. The van der Waals surface area contributed by atoms with Crippen molar-refractivity contribution in [1.29, 1.82) is 0 Å². The molecule has 0 spiro atoms. The van der Waals surface area contributed by atoms with Crippen molar-refractivity contribution in [2.75, 3.05) is 40.9 Å². The van der Waals surface area contributed by atoms with Gasteiger partial charge in [-0.1, -0.05) is 30.3 Å². The average molecular weight is 485 g/mol. The molecule has 180 valence electrons. The lowest BCUT2D eigenvalue weighted by molar-refractivity contribution is -0.885. The molecule has 3 amide bonds. The fourth-order valence-corrected chi connectivity index (χ4v) is 4.49. The van der Waals surface area contributed by atoms with Crippen LogP contribution in [-0.2, 0) is 16.1 Å². The van der Waals surface area contributed by atoms with Crippen LogP contribution in [-0.4, -0.2) is 62.9 Å². The Kier molecular flexibility index (Phi) is 8.72. The van der Waals surface area contributed by atoms with E-state index in [1.807, 2.05) is 19.2 Å². The van der Waals surface area contributed by atoms with Crippen LogP contribution >= 0.6 is 11.8 Å². The molecule has 0 saturated carbocycles. The standard InChI is InChI=1S/C25H29N3O5S/c1-17-7-5-6-8-19(17)15-27(2)16-23(29)26-11-12-28-24(30)22(34-25(28)31)14-18-9-10-20(32-3)21(13-18)33-4/h5-10,13-14H,11-12,15-16H2,1-4H3,(H,26,29)/p+1. The molecule has 0 bridgehead atoms. The van der Waals surface area contributed by atoms with Gasteiger partial charge >= 0.3 is 0 Å². The molecule has 0 aliphatic carbocycles. The number of carbonyl (C=O) groups excluding carboxylic acids is 3. The van der Waals surface area contributed by atoms with Crippen LogP contribution in [0.1, 0.15) is 16.7 Å². The van der Waals surface area contributed by atoms with Gasteiger partial charge in [-0.05, 0) is 48.0 Å². The Morgan fingerprint density at radius 2 is 1.85 bits per heavy atom. The molecule has 0 aromatic heterocycles. The number of nitrogens with one attached hydrogen (secondary N) is 2. The lowest BCUT2D eigenvalue weighted by Gasteiger charge is -2.16. The number of nitrogens with zero attached hydrogens (tertiary/aromatic N) is 1. The van der Waals surface area contributed by atoms with Gasteiger partial charge in [-0.3, -0.25) is 19.3 Å². The monoisotopic (exact) mass is 484 g/mol. The van der Waals surface area contributed by atoms with Gasteiger partial charge in [-0.2, -0.15) is 0 Å². The van der Waals surface area contributed by atoms with E-state index < -0.39 is 0 Å². The lowest BCUT2D eigenvalue weighted by Crippen LogP contribution is -3.09. The summed E-state index contributed by atoms with van der Waals surface area (Å²) in [6, 6.07) is 13.4. The second-order valence-electron chi connectivity index (χ2n) is 8.03. The maximum atomic E-state index is 12.7. The van der Waals surface area contributed by atoms with Crippen LogP contribution in [0.4, 0.5) is 4.79 Å². The molecule has 1 atom stereocenters. The molecule has 1 saturated heterocycles. The predicted molar refractivity (Wildman–Crippen MR) is 132 cm³/mol. The lowest BCUT2D eigenvalue weighted by atomic mass is 10.1. The van der Waals surface area contributed by atoms with Gasteiger partial charge in [0.1, 0.15) is 6.54 Å². The first-order valence-electron chi connectivity index (χ1n) is 10.9. The normalized spacial score (nSPS) is 15.5. The van der Waals surface area contributed by atoms with Crippen LogP contribution in [0.15, 0.2) is 47.4 Å². The number of rotatable bonds is 10. The van der Waals surface area contributed by atoms with Crippen molar-refractivity contribution in [3.05, 3.63) is 64.1 Å². The van der Waals surface area contributed by atoms with Crippen molar-refractivity contribution < 1.29 is 28.8 Å². The molecule has 1 aliphatic heterocycles. The Bertz CT molecular complexity index is 1100. The van der Waals surface area contributed by atoms with E-state index in [0.29, 0.717) is 22.9 Å². The van der Waals surface area contributed by atoms with Crippen LogP contribution in [0, 0.1) is 6.92 Å². The van der Waals surface area contributed by atoms with Crippen molar-refractivity contribution in [2.24, 2.45) is 0 Å². The molecule has 3 rings (SSSR count). The number of methoxy groups -OCH3 is 2. The maximum absolute atomic E-state index is 12.7. The molecule has 2 aromatic carbocycles. The molecule has 1 heterocycles. The molecular formula is C25H30N3O5S+. The van der Waals surface area contributed by atoms with E-state index in [0.717, 1.165) is 33.7 Å². The third-order valence-corrected chi connectivity index (χ3v) is 6.36. The first-order valence-corrected chi connectivity index (χ1v) is 11.7. The highest BCUT2D eigenvalue weighted by molar-refractivity contribution is 8.18. The van der Waals surface area contributed by atoms with Gasteiger partial charge in [0.05, 0.1) is 26.2 Å². The van der Waals surface area contributed by atoms with Crippen LogP contribution in [0.25, 0.3) is 6.08 Å². The molecule has 2 N–H and O–H groups in total. The largest absolute Gasteiger partial charge is 0.493 e. The van der Waals surface area contributed by atoms with Gasteiger partial charge in [0.2, 0.25) is 0 Å². The van der Waals surface area contributed by atoms with Crippen LogP contribution in [0.5, 0.6) is 11.5 Å². The van der Waals surface area contributed by atoms with Gasteiger partial charge in [0, 0.05) is 18.7 Å². The number of imide groups is 1. The molecule has 1 aliphatic rings. The molecule has 8 nitrogen and oxygen atoms in total. The molecule has 2 aromatic rings. The number of aryl methyl sites for hydroxylation is 1. The summed E-state index contributed by atoms with van der Waals surface area (Å²) in [7, 11) is 5.04. The van der Waals surface area contributed by atoms with Crippen molar-refractivity contribution in [1.82, 2.24) is 10.2 Å². The van der Waals surface area contributed by atoms with Crippen LogP contribution < -0.4 is 19.7 Å². The Hall–Kier alpha value is -3.30. The number of hydrogen-bond acceptors (Lipinski definition) is 6. The average Bonchev–Trinajstić information content (AvgIpc) is 3.07. The van der Waals surface area contributed by atoms with Crippen molar-refractivity contribution >= 4 is 34.9 Å². The summed E-state index contributed by atoms with van der Waals surface area (Å²) in [5, 5.41) is 2.46. The number of ether oxygens (including phenoxy) is 2. The van der Waals surface area contributed by atoms with Crippen LogP contribution in [0.3, 0.4) is 0 Å². The van der Waals surface area contributed by atoms with E-state index in [2.05, 4.69) is 24.4 Å². The summed E-state index contributed by atoms with van der Waals surface area (Å²) in [6.07, 6.45) is 1.65. The van der Waals surface area contributed by atoms with Crippen LogP contribution in [0.2, 0.25) is 0 Å². The van der Waals surface area contributed by atoms with Gasteiger partial charge < -0.3 is 19.7 Å². The summed E-state index contributed by atoms with van der Waals surface area (Å²) in [4.78, 5) is 39.9. The van der Waals surface area contributed by atoms with E-state index >= 15 is 0 Å². The second-order valence-corrected chi connectivity index (χ2v) is 9.03. The zero-order valence-corrected chi connectivity index (χ0v) is 20.7. The number of hydrogen-bond donors (Lipinski definition) is 2. The van der Waals surface area contributed by atoms with E-state index in [4.69, 9.17) is 9.47 Å². The highest BCUT2D eigenvalue weighted by Gasteiger charge is 2.34. The second kappa shape index (κ2) is 11.7. The molecule has 0 radical (unpaired) electrons. The summed E-state index contributed by atoms with van der Waals surface area (Å²) in [6.45, 7) is 3.42. The SMILES string of the molecule is COc1ccc(C=C2SC(=O)N(CCNC(=O)C[NH+](C)Cc3ccccc3C)C2=O)cc1OC. The van der Waals surface area contributed by atoms with E-state index in [1.54, 1.807) is 31.4 Å². The Morgan fingerprint density at radius 1 is 1.12 bits per heavy atom. The van der Waals surface area contributed by atoms with E-state index in [-0.39, 0.29) is 30.1 Å². The van der Waals surface area contributed by atoms with E-state index in [9.17, 15) is 14.4 Å². The fraction of sp³-hybridized carbons (Fsp3) is 0.320. The van der Waals surface area contributed by atoms with Gasteiger partial charge in [-0.15, -0.1) is 0 Å². The molecule has 34 heavy (non-hydrogen) atoms. The molecule has 1 fully saturated rings. The molecule has 1 unspecified atom stereocenters. The summed E-state index contributed by atoms with van der Waals surface area (Å²) >= 11 is 0.882. The van der Waals surface area contributed by atoms with Gasteiger partial charge in [-0.25, -0.2) is 0 Å². The van der Waals surface area contributed by atoms with E-state index in [1.165, 1.54) is 18.2 Å². The third kappa shape index (κ3) is 6.39. The summed E-state index contributed by atoms with van der Waals surface area (Å²) in [5.74, 6) is 0.614. The number of carbonyl (C=O) groups is 3. The maximum Gasteiger partial charge on any atom is 0.293 e. The highest BCUT2D eigenvalue weighted by atomic mass is 32.2. The van der Waals surface area contributed by atoms with Crippen molar-refractivity contribution in [2.45, 2.75) is 13.5 Å². The predicted octanol–water partition coefficient (Wildman–Crippen LogP) is 1.88. The van der Waals surface area contributed by atoms with Crippen molar-refractivity contribution in [3.63, 3.8) is 0 Å². The first-order chi connectivity index (χ1) is 16.3. The quantitative estimate of drug-likeness (QED) is 0.501. The van der Waals surface area contributed by atoms with Gasteiger partial charge in [0.25, 0.3) is 17.1 Å². The number of benzene rings is 2. The van der Waals surface area contributed by atoms with Gasteiger partial charge in [0.15, 0.2) is 18.0 Å². The topological polar surface area (TPSA) is 89.4 Å². The summed E-state index contributed by atoms with van der Waals surface area (Å²) < 4.78 is 10.5. The Balaban J connectivity index is 1.51. The zero-order valence-electron chi connectivity index (χ0n) is 19.8. The number of quaternary nitrogens is 1. The molecule has 9 heteroatoms. The highest BCUT2D eigenvalue weighted by Crippen LogP contribution is 2.34. The minimum Gasteiger partial charge on any atom is -0.493 e. The number of likely N-dealkylation sites (N-methyl/N-ethyl adjacent to an activating group) is 1. The Morgan fingerprint density at radius 3 is 2.56 bits per heavy atom.